The fourth-order valence-corrected chi connectivity index (χ4v) is 2.54. The minimum Gasteiger partial charge on any atom is -0.357 e. The van der Waals surface area contributed by atoms with Gasteiger partial charge in [-0.15, -0.1) is 0 Å². The van der Waals surface area contributed by atoms with Gasteiger partial charge in [-0.2, -0.15) is 0 Å². The van der Waals surface area contributed by atoms with Gasteiger partial charge >= 0.3 is 0 Å². The van der Waals surface area contributed by atoms with Gasteiger partial charge in [-0.3, -0.25) is 9.79 Å². The first-order valence-corrected chi connectivity index (χ1v) is 8.44. The third-order valence-electron chi connectivity index (χ3n) is 4.30. The van der Waals surface area contributed by atoms with Crippen LogP contribution in [0.15, 0.2) is 4.99 Å². The van der Waals surface area contributed by atoms with Gasteiger partial charge < -0.3 is 16.0 Å². The Bertz CT molecular complexity index is 332. The van der Waals surface area contributed by atoms with Gasteiger partial charge in [0.25, 0.3) is 0 Å². The number of amides is 1. The highest BCUT2D eigenvalue weighted by atomic mass is 16.1. The van der Waals surface area contributed by atoms with Gasteiger partial charge in [0.05, 0.1) is 0 Å². The average Bonchev–Trinajstić information content (AvgIpc) is 2.44. The molecule has 0 saturated heterocycles. The van der Waals surface area contributed by atoms with E-state index in [9.17, 15) is 4.79 Å². The molecule has 0 aromatic rings. The van der Waals surface area contributed by atoms with Crippen LogP contribution in [0.3, 0.4) is 0 Å². The molecule has 1 amide bonds. The molecule has 1 rings (SSSR count). The van der Waals surface area contributed by atoms with Crippen LogP contribution in [-0.2, 0) is 4.79 Å². The van der Waals surface area contributed by atoms with Crippen molar-refractivity contribution >= 4 is 11.9 Å². The fraction of sp³-hybridized carbons (Fsp3) is 0.875. The van der Waals surface area contributed by atoms with Crippen LogP contribution in [0.2, 0.25) is 0 Å². The molecule has 5 heteroatoms. The Hall–Kier alpha value is -1.26. The summed E-state index contributed by atoms with van der Waals surface area (Å²) in [6.45, 7) is 9.48. The highest BCUT2D eigenvalue weighted by Gasteiger charge is 2.34. The number of carbonyl (C=O) groups is 1. The fourth-order valence-electron chi connectivity index (χ4n) is 2.54. The Labute approximate surface area is 129 Å². The Morgan fingerprint density at radius 3 is 2.38 bits per heavy atom. The molecule has 1 saturated carbocycles. The number of guanidine groups is 1. The Kier molecular flexibility index (Phi) is 8.16. The number of carbonyl (C=O) groups excluding carboxylic acids is 1. The molecule has 3 N–H and O–H groups in total. The van der Waals surface area contributed by atoms with Crippen molar-refractivity contribution in [2.45, 2.75) is 59.3 Å². The SMILES string of the molecule is CCCNC(=O)CCNC(=NCC1(CC)CCC1)NCC. The van der Waals surface area contributed by atoms with E-state index in [2.05, 4.69) is 36.7 Å². The Balaban J connectivity index is 2.33. The first kappa shape index (κ1) is 17.8. The van der Waals surface area contributed by atoms with Crippen LogP contribution < -0.4 is 16.0 Å². The zero-order valence-electron chi connectivity index (χ0n) is 13.9. The van der Waals surface area contributed by atoms with Gasteiger partial charge in [0.2, 0.25) is 5.91 Å². The van der Waals surface area contributed by atoms with E-state index >= 15 is 0 Å². The molecular formula is C16H32N4O. The van der Waals surface area contributed by atoms with Crippen LogP contribution in [0, 0.1) is 5.41 Å². The smallest absolute Gasteiger partial charge is 0.221 e. The van der Waals surface area contributed by atoms with E-state index in [1.807, 2.05) is 0 Å². The van der Waals surface area contributed by atoms with Gasteiger partial charge in [-0.25, -0.2) is 0 Å². The van der Waals surface area contributed by atoms with E-state index in [4.69, 9.17) is 4.99 Å². The number of nitrogens with one attached hydrogen (secondary N) is 3. The van der Waals surface area contributed by atoms with Crippen LogP contribution in [0.25, 0.3) is 0 Å². The van der Waals surface area contributed by atoms with Gasteiger partial charge in [0.1, 0.15) is 0 Å². The van der Waals surface area contributed by atoms with Crippen molar-refractivity contribution < 1.29 is 4.79 Å². The number of hydrogen-bond acceptors (Lipinski definition) is 2. The molecule has 0 aromatic carbocycles. The van der Waals surface area contributed by atoms with Gasteiger partial charge in [-0.1, -0.05) is 20.3 Å². The highest BCUT2D eigenvalue weighted by Crippen LogP contribution is 2.43. The summed E-state index contributed by atoms with van der Waals surface area (Å²) in [7, 11) is 0. The Morgan fingerprint density at radius 2 is 1.86 bits per heavy atom. The van der Waals surface area contributed by atoms with Gasteiger partial charge in [0, 0.05) is 32.6 Å². The summed E-state index contributed by atoms with van der Waals surface area (Å²) in [6.07, 6.45) is 6.60. The van der Waals surface area contributed by atoms with Crippen molar-refractivity contribution in [3.05, 3.63) is 0 Å². The van der Waals surface area contributed by atoms with Crippen molar-refractivity contribution in [1.29, 1.82) is 0 Å². The van der Waals surface area contributed by atoms with Crippen molar-refractivity contribution in [2.75, 3.05) is 26.2 Å². The third kappa shape index (κ3) is 6.36. The van der Waals surface area contributed by atoms with Crippen LogP contribution in [0.1, 0.15) is 59.3 Å². The van der Waals surface area contributed by atoms with Crippen LogP contribution in [-0.4, -0.2) is 38.0 Å². The molecule has 1 aliphatic carbocycles. The number of rotatable bonds is 9. The normalized spacial score (nSPS) is 17.0. The lowest BCUT2D eigenvalue weighted by molar-refractivity contribution is -0.120. The zero-order valence-corrected chi connectivity index (χ0v) is 13.9. The summed E-state index contributed by atoms with van der Waals surface area (Å²) in [5.41, 5.74) is 0.431. The molecular weight excluding hydrogens is 264 g/mol. The van der Waals surface area contributed by atoms with Crippen molar-refractivity contribution in [1.82, 2.24) is 16.0 Å². The second-order valence-electron chi connectivity index (χ2n) is 5.93. The maximum Gasteiger partial charge on any atom is 0.221 e. The van der Waals surface area contributed by atoms with Crippen molar-refractivity contribution in [3.63, 3.8) is 0 Å². The van der Waals surface area contributed by atoms with E-state index in [1.165, 1.54) is 25.7 Å². The maximum atomic E-state index is 11.5. The average molecular weight is 296 g/mol. The zero-order chi connectivity index (χ0) is 15.6. The summed E-state index contributed by atoms with van der Waals surface area (Å²) in [5.74, 6) is 0.935. The summed E-state index contributed by atoms with van der Waals surface area (Å²) in [4.78, 5) is 16.2. The largest absolute Gasteiger partial charge is 0.357 e. The highest BCUT2D eigenvalue weighted by molar-refractivity contribution is 5.81. The number of aliphatic imine (C=N–C) groups is 1. The summed E-state index contributed by atoms with van der Waals surface area (Å²) >= 11 is 0. The van der Waals surface area contributed by atoms with Crippen molar-refractivity contribution in [2.24, 2.45) is 10.4 Å². The molecule has 0 bridgehead atoms. The predicted octanol–water partition coefficient (Wildman–Crippen LogP) is 2.04. The van der Waals surface area contributed by atoms with E-state index in [-0.39, 0.29) is 5.91 Å². The molecule has 0 aliphatic heterocycles. The quantitative estimate of drug-likeness (QED) is 0.450. The second-order valence-corrected chi connectivity index (χ2v) is 5.93. The number of hydrogen-bond donors (Lipinski definition) is 3. The summed E-state index contributed by atoms with van der Waals surface area (Å²) in [5, 5.41) is 9.38. The minimum atomic E-state index is 0.101. The molecule has 21 heavy (non-hydrogen) atoms. The summed E-state index contributed by atoms with van der Waals surface area (Å²) in [6, 6.07) is 0. The van der Waals surface area contributed by atoms with E-state index < -0.39 is 0 Å². The molecule has 0 unspecified atom stereocenters. The van der Waals surface area contributed by atoms with E-state index in [1.54, 1.807) is 0 Å². The molecule has 0 spiro atoms. The minimum absolute atomic E-state index is 0.101. The van der Waals surface area contributed by atoms with E-state index in [0.29, 0.717) is 18.4 Å². The van der Waals surface area contributed by atoms with Gasteiger partial charge in [-0.05, 0) is 38.0 Å². The van der Waals surface area contributed by atoms with Gasteiger partial charge in [0.15, 0.2) is 5.96 Å². The van der Waals surface area contributed by atoms with Crippen molar-refractivity contribution in [3.8, 4) is 0 Å². The van der Waals surface area contributed by atoms with Crippen LogP contribution in [0.5, 0.6) is 0 Å². The Morgan fingerprint density at radius 1 is 1.10 bits per heavy atom. The molecule has 0 aromatic heterocycles. The van der Waals surface area contributed by atoms with E-state index in [0.717, 1.165) is 32.0 Å². The predicted molar refractivity (Wildman–Crippen MR) is 88.5 cm³/mol. The molecule has 1 aliphatic rings. The molecule has 122 valence electrons. The molecule has 1 fully saturated rings. The molecule has 0 heterocycles. The lowest BCUT2D eigenvalue weighted by Gasteiger charge is -2.40. The monoisotopic (exact) mass is 296 g/mol. The molecule has 0 radical (unpaired) electrons. The second kappa shape index (κ2) is 9.64. The van der Waals surface area contributed by atoms with Crippen LogP contribution >= 0.6 is 0 Å². The molecule has 5 nitrogen and oxygen atoms in total. The lowest BCUT2D eigenvalue weighted by atomic mass is 9.67. The summed E-state index contributed by atoms with van der Waals surface area (Å²) < 4.78 is 0. The molecule has 0 atom stereocenters. The maximum absolute atomic E-state index is 11.5. The number of nitrogens with zero attached hydrogens (tertiary/aromatic N) is 1. The first-order valence-electron chi connectivity index (χ1n) is 8.44. The topological polar surface area (TPSA) is 65.5 Å². The standard InChI is InChI=1S/C16H32N4O/c1-4-11-18-14(21)8-12-19-15(17-6-3)20-13-16(5-2)9-7-10-16/h4-13H2,1-3H3,(H,18,21)(H2,17,19,20). The third-order valence-corrected chi connectivity index (χ3v) is 4.30. The first-order chi connectivity index (χ1) is 10.2. The van der Waals surface area contributed by atoms with Crippen LogP contribution in [0.4, 0.5) is 0 Å². The lowest BCUT2D eigenvalue weighted by Crippen LogP contribution is -2.41.